The third-order valence-corrected chi connectivity index (χ3v) is 6.51. The van der Waals surface area contributed by atoms with E-state index in [4.69, 9.17) is 0 Å². The van der Waals surface area contributed by atoms with Crippen LogP contribution in [0.4, 0.5) is 0 Å². The molecule has 1 amide bonds. The maximum absolute atomic E-state index is 12.4. The van der Waals surface area contributed by atoms with E-state index in [0.717, 1.165) is 30.8 Å². The van der Waals surface area contributed by atoms with E-state index in [1.165, 1.54) is 38.5 Å². The average Bonchev–Trinajstić information content (AvgIpc) is 2.43. The molecule has 21 heavy (non-hydrogen) atoms. The minimum atomic E-state index is 0.0707. The number of amides is 1. The van der Waals surface area contributed by atoms with Crippen LogP contribution in [0.5, 0.6) is 0 Å². The summed E-state index contributed by atoms with van der Waals surface area (Å²) in [5.41, 5.74) is 0.419. The number of nitrogens with one attached hydrogen (secondary N) is 2. The zero-order valence-electron chi connectivity index (χ0n) is 14.0. The van der Waals surface area contributed by atoms with Gasteiger partial charge in [0.2, 0.25) is 5.91 Å². The van der Waals surface area contributed by atoms with Crippen molar-refractivity contribution in [1.82, 2.24) is 10.6 Å². The van der Waals surface area contributed by atoms with Crippen molar-refractivity contribution in [2.45, 2.75) is 65.3 Å². The van der Waals surface area contributed by atoms with Gasteiger partial charge in [0.25, 0.3) is 0 Å². The molecule has 0 aromatic rings. The number of carbonyl (C=O) groups is 1. The summed E-state index contributed by atoms with van der Waals surface area (Å²) in [6.07, 6.45) is 8.50. The monoisotopic (exact) mass is 292 g/mol. The van der Waals surface area contributed by atoms with Gasteiger partial charge in [0.1, 0.15) is 0 Å². The first kappa shape index (κ1) is 15.3. The Balaban J connectivity index is 1.60. The number of hydrogen-bond acceptors (Lipinski definition) is 2. The van der Waals surface area contributed by atoms with Crippen LogP contribution in [0.1, 0.15) is 59.3 Å². The van der Waals surface area contributed by atoms with Crippen molar-refractivity contribution in [1.29, 1.82) is 0 Å². The molecule has 3 heteroatoms. The van der Waals surface area contributed by atoms with Crippen LogP contribution >= 0.6 is 0 Å². The Morgan fingerprint density at radius 1 is 1.10 bits per heavy atom. The van der Waals surface area contributed by atoms with Gasteiger partial charge in [-0.25, -0.2) is 0 Å². The fourth-order valence-corrected chi connectivity index (χ4v) is 5.67. The Morgan fingerprint density at radius 2 is 1.62 bits per heavy atom. The molecule has 120 valence electrons. The predicted octanol–water partition coefficient (Wildman–Crippen LogP) is 2.95. The van der Waals surface area contributed by atoms with Crippen LogP contribution in [0.2, 0.25) is 0 Å². The first-order valence-electron chi connectivity index (χ1n) is 9.03. The fraction of sp³-hybridized carbons (Fsp3) is 0.944. The van der Waals surface area contributed by atoms with Crippen LogP contribution in [0.3, 0.4) is 0 Å². The summed E-state index contributed by atoms with van der Waals surface area (Å²) in [6, 6.07) is 0.350. The molecule has 4 saturated carbocycles. The Labute approximate surface area is 129 Å². The van der Waals surface area contributed by atoms with Gasteiger partial charge < -0.3 is 10.6 Å². The second kappa shape index (κ2) is 5.91. The van der Waals surface area contributed by atoms with Gasteiger partial charge in [-0.3, -0.25) is 4.79 Å². The summed E-state index contributed by atoms with van der Waals surface area (Å²) in [5.74, 6) is 3.17. The second-order valence-electron chi connectivity index (χ2n) is 8.22. The lowest BCUT2D eigenvalue weighted by atomic mass is 9.48. The molecule has 2 atom stereocenters. The molecule has 4 aliphatic rings. The van der Waals surface area contributed by atoms with Crippen molar-refractivity contribution in [3.05, 3.63) is 0 Å². The Hall–Kier alpha value is -0.570. The van der Waals surface area contributed by atoms with Crippen LogP contribution < -0.4 is 10.6 Å². The van der Waals surface area contributed by atoms with Gasteiger partial charge in [0, 0.05) is 18.5 Å². The van der Waals surface area contributed by atoms with Crippen molar-refractivity contribution in [2.24, 2.45) is 29.1 Å². The van der Waals surface area contributed by atoms with Gasteiger partial charge in [-0.15, -0.1) is 0 Å². The molecule has 0 aliphatic heterocycles. The molecule has 4 rings (SSSR count). The smallest absolute Gasteiger partial charge is 0.224 e. The van der Waals surface area contributed by atoms with E-state index in [9.17, 15) is 4.79 Å². The maximum Gasteiger partial charge on any atom is 0.224 e. The Bertz CT molecular complexity index is 357. The van der Waals surface area contributed by atoms with Gasteiger partial charge in [0.15, 0.2) is 0 Å². The normalized spacial score (nSPS) is 40.0. The standard InChI is InChI=1S/C18H32N2O/c1-4-19-11-12(2)17(21)20-13(3)18-8-14-5-15(9-18)7-16(6-14)10-18/h12-16,19H,4-11H2,1-3H3,(H,20,21). The molecule has 2 N–H and O–H groups in total. The number of carbonyl (C=O) groups excluding carboxylic acids is 1. The zero-order valence-corrected chi connectivity index (χ0v) is 14.0. The summed E-state index contributed by atoms with van der Waals surface area (Å²) in [4.78, 5) is 12.4. The van der Waals surface area contributed by atoms with E-state index >= 15 is 0 Å². The number of rotatable bonds is 6. The average molecular weight is 292 g/mol. The van der Waals surface area contributed by atoms with E-state index in [1.807, 2.05) is 6.92 Å². The first-order valence-corrected chi connectivity index (χ1v) is 9.03. The summed E-state index contributed by atoms with van der Waals surface area (Å²) in [7, 11) is 0. The minimum Gasteiger partial charge on any atom is -0.353 e. The van der Waals surface area contributed by atoms with E-state index in [-0.39, 0.29) is 11.8 Å². The molecule has 4 fully saturated rings. The molecule has 3 nitrogen and oxygen atoms in total. The highest BCUT2D eigenvalue weighted by Crippen LogP contribution is 2.61. The molecule has 0 saturated heterocycles. The molecule has 0 aromatic heterocycles. The molecule has 4 bridgehead atoms. The van der Waals surface area contributed by atoms with Crippen molar-refractivity contribution < 1.29 is 4.79 Å². The predicted molar refractivity (Wildman–Crippen MR) is 85.9 cm³/mol. The van der Waals surface area contributed by atoms with E-state index < -0.39 is 0 Å². The molecule has 0 radical (unpaired) electrons. The lowest BCUT2D eigenvalue weighted by molar-refractivity contribution is -0.129. The van der Waals surface area contributed by atoms with Crippen molar-refractivity contribution >= 4 is 5.91 Å². The van der Waals surface area contributed by atoms with E-state index in [2.05, 4.69) is 24.5 Å². The fourth-order valence-electron chi connectivity index (χ4n) is 5.67. The lowest BCUT2D eigenvalue weighted by Gasteiger charge is -2.59. The summed E-state index contributed by atoms with van der Waals surface area (Å²) < 4.78 is 0. The quantitative estimate of drug-likeness (QED) is 0.790. The molecule has 2 unspecified atom stereocenters. The molecule has 0 aromatic carbocycles. The third-order valence-electron chi connectivity index (χ3n) is 6.51. The molecule has 4 aliphatic carbocycles. The van der Waals surface area contributed by atoms with Crippen molar-refractivity contribution in [3.63, 3.8) is 0 Å². The second-order valence-corrected chi connectivity index (χ2v) is 8.22. The Kier molecular flexibility index (Phi) is 4.31. The van der Waals surface area contributed by atoms with Gasteiger partial charge >= 0.3 is 0 Å². The first-order chi connectivity index (χ1) is 10.0. The highest BCUT2D eigenvalue weighted by atomic mass is 16.1. The largest absolute Gasteiger partial charge is 0.353 e. The van der Waals surface area contributed by atoms with Crippen LogP contribution in [0.25, 0.3) is 0 Å². The minimum absolute atomic E-state index is 0.0707. The summed E-state index contributed by atoms with van der Waals surface area (Å²) in [5, 5.41) is 6.64. The molecular weight excluding hydrogens is 260 g/mol. The number of hydrogen-bond donors (Lipinski definition) is 2. The molecular formula is C18H32N2O. The van der Waals surface area contributed by atoms with Gasteiger partial charge in [-0.1, -0.05) is 13.8 Å². The highest BCUT2D eigenvalue weighted by molar-refractivity contribution is 5.78. The molecule has 0 spiro atoms. The van der Waals surface area contributed by atoms with Gasteiger partial charge in [-0.05, 0) is 75.2 Å². The zero-order chi connectivity index (χ0) is 15.0. The van der Waals surface area contributed by atoms with Gasteiger partial charge in [-0.2, -0.15) is 0 Å². The van der Waals surface area contributed by atoms with Crippen molar-refractivity contribution in [2.75, 3.05) is 13.1 Å². The summed E-state index contributed by atoms with van der Waals surface area (Å²) in [6.45, 7) is 8.11. The van der Waals surface area contributed by atoms with Gasteiger partial charge in [0.05, 0.1) is 0 Å². The van der Waals surface area contributed by atoms with Crippen LogP contribution in [0, 0.1) is 29.1 Å². The maximum atomic E-state index is 12.4. The summed E-state index contributed by atoms with van der Waals surface area (Å²) >= 11 is 0. The van der Waals surface area contributed by atoms with E-state index in [0.29, 0.717) is 11.5 Å². The van der Waals surface area contributed by atoms with Crippen LogP contribution in [0.15, 0.2) is 0 Å². The van der Waals surface area contributed by atoms with Crippen molar-refractivity contribution in [3.8, 4) is 0 Å². The Morgan fingerprint density at radius 3 is 2.10 bits per heavy atom. The lowest BCUT2D eigenvalue weighted by Crippen LogP contribution is -2.56. The van der Waals surface area contributed by atoms with Crippen LogP contribution in [-0.4, -0.2) is 25.0 Å². The highest BCUT2D eigenvalue weighted by Gasteiger charge is 2.53. The van der Waals surface area contributed by atoms with E-state index in [1.54, 1.807) is 0 Å². The third kappa shape index (κ3) is 2.99. The van der Waals surface area contributed by atoms with Crippen LogP contribution in [-0.2, 0) is 4.79 Å². The SMILES string of the molecule is CCNCC(C)C(=O)NC(C)C12CC3CC(CC(C3)C1)C2. The topological polar surface area (TPSA) is 41.1 Å². The molecule has 0 heterocycles.